The summed E-state index contributed by atoms with van der Waals surface area (Å²) in [4.78, 5) is 24.4. The zero-order valence-corrected chi connectivity index (χ0v) is 12.4. The van der Waals surface area contributed by atoms with Gasteiger partial charge < -0.3 is 9.26 Å². The topological polar surface area (TPSA) is 81.4 Å². The smallest absolute Gasteiger partial charge is 0.339 e. The number of ether oxygens (including phenoxy) is 1. The molecule has 0 bridgehead atoms. The number of amides is 1. The van der Waals surface area contributed by atoms with Crippen molar-refractivity contribution in [2.75, 3.05) is 18.2 Å². The molecule has 1 N–H and O–H groups in total. The number of hydrogen-bond donors (Lipinski definition) is 1. The number of carbonyl (C=O) groups excluding carboxylic acids is 2. The number of carbonyl (C=O) groups is 2. The minimum absolute atomic E-state index is 0.220. The molecule has 0 aliphatic rings. The highest BCUT2D eigenvalue weighted by molar-refractivity contribution is 7.98. The first kappa shape index (κ1) is 15.1. The van der Waals surface area contributed by atoms with E-state index in [9.17, 15) is 9.59 Å². The molecule has 1 aromatic heterocycles. The van der Waals surface area contributed by atoms with Crippen LogP contribution in [0, 0.1) is 6.92 Å². The molecular weight excluding hydrogens is 292 g/mol. The highest BCUT2D eigenvalue weighted by Crippen LogP contribution is 2.20. The van der Waals surface area contributed by atoms with E-state index in [1.54, 1.807) is 25.1 Å². The Hall–Kier alpha value is -2.28. The Morgan fingerprint density at radius 1 is 1.38 bits per heavy atom. The second-order valence-electron chi connectivity index (χ2n) is 4.16. The molecule has 0 fully saturated rings. The van der Waals surface area contributed by atoms with Crippen molar-refractivity contribution in [2.45, 2.75) is 11.8 Å². The number of anilines is 1. The van der Waals surface area contributed by atoms with E-state index in [1.807, 2.05) is 18.4 Å². The second-order valence-corrected chi connectivity index (χ2v) is 5.01. The van der Waals surface area contributed by atoms with E-state index in [4.69, 9.17) is 9.26 Å². The zero-order chi connectivity index (χ0) is 15.2. The van der Waals surface area contributed by atoms with Gasteiger partial charge in [-0.2, -0.15) is 0 Å². The average molecular weight is 306 g/mol. The normalized spacial score (nSPS) is 10.2. The van der Waals surface area contributed by atoms with Gasteiger partial charge in [0.1, 0.15) is 0 Å². The number of aromatic nitrogens is 1. The fourth-order valence-electron chi connectivity index (χ4n) is 1.62. The van der Waals surface area contributed by atoms with Crippen molar-refractivity contribution in [3.05, 3.63) is 41.6 Å². The van der Waals surface area contributed by atoms with Crippen LogP contribution in [0.4, 0.5) is 5.88 Å². The Balaban J connectivity index is 1.90. The number of hydrogen-bond acceptors (Lipinski definition) is 6. The molecule has 0 saturated carbocycles. The van der Waals surface area contributed by atoms with Crippen molar-refractivity contribution in [3.63, 3.8) is 0 Å². The van der Waals surface area contributed by atoms with Crippen molar-refractivity contribution >= 4 is 29.5 Å². The predicted octanol–water partition coefficient (Wildman–Crippen LogP) is 2.50. The molecule has 2 aromatic rings. The van der Waals surface area contributed by atoms with Crippen LogP contribution in [-0.2, 0) is 9.53 Å². The maximum absolute atomic E-state index is 11.9. The van der Waals surface area contributed by atoms with Crippen molar-refractivity contribution in [1.29, 1.82) is 0 Å². The van der Waals surface area contributed by atoms with E-state index in [0.29, 0.717) is 11.3 Å². The Morgan fingerprint density at radius 2 is 2.14 bits per heavy atom. The fraction of sp³-hybridized carbons (Fsp3) is 0.214. The lowest BCUT2D eigenvalue weighted by atomic mass is 10.2. The maximum Gasteiger partial charge on any atom is 0.339 e. The molecule has 2 rings (SSSR count). The van der Waals surface area contributed by atoms with Crippen LogP contribution in [0.25, 0.3) is 0 Å². The monoisotopic (exact) mass is 306 g/mol. The summed E-state index contributed by atoms with van der Waals surface area (Å²) in [5.74, 6) is -0.803. The van der Waals surface area contributed by atoms with Gasteiger partial charge >= 0.3 is 5.97 Å². The number of thioether (sulfide) groups is 1. The first-order valence-electron chi connectivity index (χ1n) is 6.13. The highest BCUT2D eigenvalue weighted by Gasteiger charge is 2.14. The number of rotatable bonds is 5. The van der Waals surface area contributed by atoms with Gasteiger partial charge in [0.05, 0.1) is 11.3 Å². The first-order valence-corrected chi connectivity index (χ1v) is 7.36. The summed E-state index contributed by atoms with van der Waals surface area (Å²) in [5, 5.41) is 6.08. The van der Waals surface area contributed by atoms with Crippen LogP contribution in [0.1, 0.15) is 16.1 Å². The number of esters is 1. The SMILES string of the molecule is CSc1ccccc1C(=O)OCC(=O)Nc1cc(C)no1. The summed E-state index contributed by atoms with van der Waals surface area (Å²) in [5.41, 5.74) is 1.09. The lowest BCUT2D eigenvalue weighted by molar-refractivity contribution is -0.119. The molecule has 1 amide bonds. The van der Waals surface area contributed by atoms with E-state index in [1.165, 1.54) is 11.8 Å². The van der Waals surface area contributed by atoms with Crippen LogP contribution >= 0.6 is 11.8 Å². The average Bonchev–Trinajstić information content (AvgIpc) is 2.89. The van der Waals surface area contributed by atoms with Crippen LogP contribution in [0.15, 0.2) is 39.8 Å². The van der Waals surface area contributed by atoms with Crippen LogP contribution < -0.4 is 5.32 Å². The number of aryl methyl sites for hydroxylation is 1. The molecule has 0 spiro atoms. The van der Waals surface area contributed by atoms with Crippen molar-refractivity contribution in [1.82, 2.24) is 5.16 Å². The van der Waals surface area contributed by atoms with Crippen LogP contribution in [0.5, 0.6) is 0 Å². The summed E-state index contributed by atoms with van der Waals surface area (Å²) in [7, 11) is 0. The molecule has 21 heavy (non-hydrogen) atoms. The van der Waals surface area contributed by atoms with Crippen LogP contribution in [-0.4, -0.2) is 29.9 Å². The van der Waals surface area contributed by atoms with Crippen molar-refractivity contribution in [2.24, 2.45) is 0 Å². The van der Waals surface area contributed by atoms with Gasteiger partial charge in [-0.15, -0.1) is 11.8 Å². The third kappa shape index (κ3) is 4.09. The minimum Gasteiger partial charge on any atom is -0.452 e. The van der Waals surface area contributed by atoms with Crippen LogP contribution in [0.2, 0.25) is 0 Å². The standard InChI is InChI=1S/C14H14N2O4S/c1-9-7-13(20-16-9)15-12(17)8-19-14(18)10-5-3-4-6-11(10)21-2/h3-7H,8H2,1-2H3,(H,15,17). The first-order chi connectivity index (χ1) is 10.1. The predicted molar refractivity (Wildman–Crippen MR) is 78.4 cm³/mol. The molecule has 0 aliphatic heterocycles. The van der Waals surface area contributed by atoms with E-state index >= 15 is 0 Å². The fourth-order valence-corrected chi connectivity index (χ4v) is 2.20. The van der Waals surface area contributed by atoms with Crippen molar-refractivity contribution < 1.29 is 18.8 Å². The molecule has 0 unspecified atom stereocenters. The van der Waals surface area contributed by atoms with Crippen molar-refractivity contribution in [3.8, 4) is 0 Å². The second kappa shape index (κ2) is 6.94. The summed E-state index contributed by atoms with van der Waals surface area (Å²) in [6, 6.07) is 8.63. The lowest BCUT2D eigenvalue weighted by Crippen LogP contribution is -2.20. The molecule has 1 heterocycles. The van der Waals surface area contributed by atoms with Gasteiger partial charge in [-0.25, -0.2) is 4.79 Å². The number of nitrogens with one attached hydrogen (secondary N) is 1. The third-order valence-electron chi connectivity index (χ3n) is 2.55. The van der Waals surface area contributed by atoms with E-state index in [2.05, 4.69) is 10.5 Å². The Kier molecular flexibility index (Phi) is 4.99. The molecule has 7 heteroatoms. The Bertz CT molecular complexity index is 654. The quantitative estimate of drug-likeness (QED) is 0.675. The van der Waals surface area contributed by atoms with Gasteiger partial charge in [-0.3, -0.25) is 10.1 Å². The molecule has 0 aliphatic carbocycles. The molecule has 6 nitrogen and oxygen atoms in total. The summed E-state index contributed by atoms with van der Waals surface area (Å²) >= 11 is 1.44. The summed E-state index contributed by atoms with van der Waals surface area (Å²) in [6.07, 6.45) is 1.87. The zero-order valence-electron chi connectivity index (χ0n) is 11.6. The summed E-state index contributed by atoms with van der Waals surface area (Å²) < 4.78 is 9.82. The third-order valence-corrected chi connectivity index (χ3v) is 3.35. The molecule has 110 valence electrons. The van der Waals surface area contributed by atoms with E-state index < -0.39 is 11.9 Å². The van der Waals surface area contributed by atoms with Gasteiger partial charge in [-0.05, 0) is 25.3 Å². The number of nitrogens with zero attached hydrogens (tertiary/aromatic N) is 1. The van der Waals surface area contributed by atoms with Gasteiger partial charge in [0.15, 0.2) is 6.61 Å². The lowest BCUT2D eigenvalue weighted by Gasteiger charge is -2.07. The van der Waals surface area contributed by atoms with Crippen LogP contribution in [0.3, 0.4) is 0 Å². The highest BCUT2D eigenvalue weighted by atomic mass is 32.2. The largest absolute Gasteiger partial charge is 0.452 e. The van der Waals surface area contributed by atoms with Gasteiger partial charge in [0.2, 0.25) is 5.88 Å². The van der Waals surface area contributed by atoms with Gasteiger partial charge in [-0.1, -0.05) is 17.3 Å². The number of benzene rings is 1. The minimum atomic E-state index is -0.538. The molecule has 0 radical (unpaired) electrons. The summed E-state index contributed by atoms with van der Waals surface area (Å²) in [6.45, 7) is 1.35. The maximum atomic E-state index is 11.9. The van der Waals surface area contributed by atoms with E-state index in [-0.39, 0.29) is 12.5 Å². The Morgan fingerprint density at radius 3 is 2.81 bits per heavy atom. The van der Waals surface area contributed by atoms with Gasteiger partial charge in [0, 0.05) is 11.0 Å². The Labute approximate surface area is 125 Å². The molecule has 0 atom stereocenters. The molecule has 1 aromatic carbocycles. The molecular formula is C14H14N2O4S. The van der Waals surface area contributed by atoms with E-state index in [0.717, 1.165) is 4.90 Å². The molecule has 0 saturated heterocycles. The van der Waals surface area contributed by atoms with Gasteiger partial charge in [0.25, 0.3) is 5.91 Å².